The van der Waals surface area contributed by atoms with Crippen molar-refractivity contribution in [1.29, 1.82) is 0 Å². The van der Waals surface area contributed by atoms with E-state index in [-0.39, 0.29) is 42.2 Å². The zero-order valence-corrected chi connectivity index (χ0v) is 19.6. The minimum Gasteiger partial charge on any atom is -0.487 e. The lowest BCUT2D eigenvalue weighted by molar-refractivity contribution is -0.131. The zero-order valence-electron chi connectivity index (χ0n) is 18.8. The molecule has 0 saturated carbocycles. The molecule has 0 aromatic heterocycles. The van der Waals surface area contributed by atoms with E-state index >= 15 is 0 Å². The quantitative estimate of drug-likeness (QED) is 0.654. The number of sulfonamides is 1. The summed E-state index contributed by atoms with van der Waals surface area (Å²) in [4.78, 5) is 13.7. The number of rotatable bonds is 6. The summed E-state index contributed by atoms with van der Waals surface area (Å²) in [6.07, 6.45) is -0.0690. The molecule has 0 aliphatic carbocycles. The van der Waals surface area contributed by atoms with Crippen molar-refractivity contribution in [2.24, 2.45) is 5.92 Å². The molecule has 9 heteroatoms. The van der Waals surface area contributed by atoms with Crippen molar-refractivity contribution in [3.05, 3.63) is 23.8 Å². The van der Waals surface area contributed by atoms with E-state index < -0.39 is 22.2 Å². The van der Waals surface area contributed by atoms with Crippen LogP contribution in [0.4, 0.5) is 0 Å². The van der Waals surface area contributed by atoms with Gasteiger partial charge in [0.15, 0.2) is 0 Å². The van der Waals surface area contributed by atoms with Crippen molar-refractivity contribution < 1.29 is 27.8 Å². The molecule has 1 amide bonds. The van der Waals surface area contributed by atoms with Gasteiger partial charge in [-0.25, -0.2) is 8.42 Å². The van der Waals surface area contributed by atoms with E-state index in [0.29, 0.717) is 18.5 Å². The summed E-state index contributed by atoms with van der Waals surface area (Å²) < 4.78 is 39.2. The van der Waals surface area contributed by atoms with Crippen molar-refractivity contribution in [2.75, 3.05) is 40.5 Å². The number of amides is 1. The molecule has 0 bridgehead atoms. The first-order valence-corrected chi connectivity index (χ1v) is 11.7. The number of methoxy groups -OCH3 is 1. The normalized spacial score (nSPS) is 21.5. The third-order valence-electron chi connectivity index (χ3n) is 5.30. The van der Waals surface area contributed by atoms with Crippen LogP contribution in [0.3, 0.4) is 0 Å². The molecule has 2 rings (SSSR count). The third kappa shape index (κ3) is 5.98. The van der Waals surface area contributed by atoms with Gasteiger partial charge < -0.3 is 19.5 Å². The Balaban J connectivity index is 2.56. The highest BCUT2D eigenvalue weighted by atomic mass is 32.2. The number of carbonyl (C=O) groups excluding carboxylic acids is 1. The molecule has 8 nitrogen and oxygen atoms in total. The predicted octanol–water partition coefficient (Wildman–Crippen LogP) is 1.32. The average molecular weight is 453 g/mol. The van der Waals surface area contributed by atoms with Gasteiger partial charge in [-0.05, 0) is 25.1 Å². The number of aliphatic hydroxyl groups excluding tert-OH is 1. The SMILES string of the molecule is CCC(=O)N(C)C[C@H]1Oc2cc(C#CCOC)ccc2S(=O)(=O)N([C@H](C)CO)C[C@@H]1C. The lowest BCUT2D eigenvalue weighted by Crippen LogP contribution is -2.50. The fourth-order valence-corrected chi connectivity index (χ4v) is 5.20. The molecular weight excluding hydrogens is 420 g/mol. The van der Waals surface area contributed by atoms with Crippen molar-refractivity contribution in [2.45, 2.75) is 44.2 Å². The number of fused-ring (bicyclic) bond motifs is 1. The maximum absolute atomic E-state index is 13.4. The maximum atomic E-state index is 13.4. The first-order chi connectivity index (χ1) is 14.6. The molecular formula is C22H32N2O6S. The zero-order chi connectivity index (χ0) is 23.2. The predicted molar refractivity (Wildman–Crippen MR) is 117 cm³/mol. The molecule has 1 aliphatic rings. The summed E-state index contributed by atoms with van der Waals surface area (Å²) in [6.45, 7) is 5.77. The molecule has 1 aromatic carbocycles. The highest BCUT2D eigenvalue weighted by Gasteiger charge is 2.38. The van der Waals surface area contributed by atoms with Gasteiger partial charge >= 0.3 is 0 Å². The van der Waals surface area contributed by atoms with Gasteiger partial charge in [0.25, 0.3) is 0 Å². The molecule has 0 spiro atoms. The Hall–Kier alpha value is -2.12. The molecule has 172 valence electrons. The van der Waals surface area contributed by atoms with Crippen molar-refractivity contribution in [3.63, 3.8) is 0 Å². The lowest BCUT2D eigenvalue weighted by Gasteiger charge is -2.37. The Bertz CT molecular complexity index is 937. The van der Waals surface area contributed by atoms with E-state index in [4.69, 9.17) is 9.47 Å². The van der Waals surface area contributed by atoms with Crippen LogP contribution in [0.1, 0.15) is 32.8 Å². The Morgan fingerprint density at radius 2 is 2.16 bits per heavy atom. The Morgan fingerprint density at radius 3 is 2.77 bits per heavy atom. The standard InChI is InChI=1S/C22H32N2O6S/c1-6-22(26)23(4)14-20-16(2)13-24(17(3)15-25)31(27,28)21-10-9-18(8-7-11-29-5)12-19(21)30-20/h9-10,12,16-17,20,25H,6,11,13-15H2,1-5H3/t16-,17+,20+/m0/s1. The Labute approximate surface area is 185 Å². The second kappa shape index (κ2) is 11.0. The highest BCUT2D eigenvalue weighted by Crippen LogP contribution is 2.34. The van der Waals surface area contributed by atoms with E-state index in [1.807, 2.05) is 6.92 Å². The summed E-state index contributed by atoms with van der Waals surface area (Å²) in [5.74, 6) is 5.71. The Kier molecular flexibility index (Phi) is 8.89. The number of aliphatic hydroxyl groups is 1. The van der Waals surface area contributed by atoms with Gasteiger partial charge in [-0.2, -0.15) is 4.31 Å². The topological polar surface area (TPSA) is 96.4 Å². The molecule has 0 radical (unpaired) electrons. The molecule has 1 N–H and O–H groups in total. The lowest BCUT2D eigenvalue weighted by atomic mass is 10.0. The van der Waals surface area contributed by atoms with Gasteiger partial charge in [0.2, 0.25) is 15.9 Å². The summed E-state index contributed by atoms with van der Waals surface area (Å²) in [7, 11) is -0.656. The van der Waals surface area contributed by atoms with Crippen LogP contribution >= 0.6 is 0 Å². The molecule has 1 aliphatic heterocycles. The van der Waals surface area contributed by atoms with Crippen LogP contribution in [0.25, 0.3) is 0 Å². The van der Waals surface area contributed by atoms with Gasteiger partial charge in [-0.3, -0.25) is 4.79 Å². The number of likely N-dealkylation sites (N-methyl/N-ethyl adjacent to an activating group) is 1. The molecule has 0 unspecified atom stereocenters. The van der Waals surface area contributed by atoms with Crippen LogP contribution in [0.5, 0.6) is 5.75 Å². The molecule has 31 heavy (non-hydrogen) atoms. The van der Waals surface area contributed by atoms with Crippen LogP contribution in [-0.2, 0) is 19.6 Å². The van der Waals surface area contributed by atoms with Crippen molar-refractivity contribution in [1.82, 2.24) is 9.21 Å². The summed E-state index contributed by atoms with van der Waals surface area (Å²) in [6, 6.07) is 4.10. The van der Waals surface area contributed by atoms with Crippen LogP contribution in [-0.4, -0.2) is 81.2 Å². The molecule has 0 saturated heterocycles. The summed E-state index contributed by atoms with van der Waals surface area (Å²) in [5, 5.41) is 9.68. The van der Waals surface area contributed by atoms with Gasteiger partial charge in [0.1, 0.15) is 23.4 Å². The van der Waals surface area contributed by atoms with Crippen LogP contribution in [0, 0.1) is 17.8 Å². The number of hydrogen-bond donors (Lipinski definition) is 1. The van der Waals surface area contributed by atoms with Crippen molar-refractivity contribution in [3.8, 4) is 17.6 Å². The van der Waals surface area contributed by atoms with E-state index in [0.717, 1.165) is 0 Å². The van der Waals surface area contributed by atoms with Crippen molar-refractivity contribution >= 4 is 15.9 Å². The van der Waals surface area contributed by atoms with E-state index in [9.17, 15) is 18.3 Å². The monoisotopic (exact) mass is 452 g/mol. The third-order valence-corrected chi connectivity index (χ3v) is 7.32. The van der Waals surface area contributed by atoms with E-state index in [1.165, 1.54) is 10.4 Å². The minimum absolute atomic E-state index is 0.0199. The number of benzene rings is 1. The van der Waals surface area contributed by atoms with E-state index in [2.05, 4.69) is 11.8 Å². The van der Waals surface area contributed by atoms with Gasteiger partial charge in [-0.15, -0.1) is 0 Å². The number of nitrogens with zero attached hydrogens (tertiary/aromatic N) is 2. The van der Waals surface area contributed by atoms with Gasteiger partial charge in [-0.1, -0.05) is 25.7 Å². The smallest absolute Gasteiger partial charge is 0.247 e. The summed E-state index contributed by atoms with van der Waals surface area (Å²) in [5.41, 5.74) is 0.595. The summed E-state index contributed by atoms with van der Waals surface area (Å²) >= 11 is 0. The molecule has 0 fully saturated rings. The fourth-order valence-electron chi connectivity index (χ4n) is 3.37. The first kappa shape index (κ1) is 25.1. The molecule has 3 atom stereocenters. The van der Waals surface area contributed by atoms with Gasteiger partial charge in [0.05, 0.1) is 13.2 Å². The number of carbonyl (C=O) groups is 1. The van der Waals surface area contributed by atoms with Crippen LogP contribution in [0.15, 0.2) is 23.1 Å². The van der Waals surface area contributed by atoms with E-state index in [1.54, 1.807) is 45.0 Å². The van der Waals surface area contributed by atoms with Gasteiger partial charge in [0, 0.05) is 44.6 Å². The largest absolute Gasteiger partial charge is 0.487 e. The van der Waals surface area contributed by atoms with Crippen LogP contribution < -0.4 is 4.74 Å². The minimum atomic E-state index is -3.91. The first-order valence-electron chi connectivity index (χ1n) is 10.3. The fraction of sp³-hybridized carbons (Fsp3) is 0.591. The Morgan fingerprint density at radius 1 is 1.45 bits per heavy atom. The number of hydrogen-bond acceptors (Lipinski definition) is 6. The second-order valence-corrected chi connectivity index (χ2v) is 9.62. The second-order valence-electron chi connectivity index (χ2n) is 7.76. The highest BCUT2D eigenvalue weighted by molar-refractivity contribution is 7.89. The number of ether oxygens (including phenoxy) is 2. The average Bonchev–Trinajstić information content (AvgIpc) is 2.75. The molecule has 1 aromatic rings. The maximum Gasteiger partial charge on any atom is 0.247 e. The van der Waals surface area contributed by atoms with Crippen LogP contribution in [0.2, 0.25) is 0 Å². The molecule has 1 heterocycles.